The summed E-state index contributed by atoms with van der Waals surface area (Å²) in [7, 11) is 0. The van der Waals surface area contributed by atoms with Gasteiger partial charge in [0.25, 0.3) is 5.91 Å². The van der Waals surface area contributed by atoms with Crippen LogP contribution in [-0.4, -0.2) is 10.9 Å². The molecule has 0 saturated heterocycles. The molecule has 0 unspecified atom stereocenters. The molecule has 1 aromatic heterocycles. The molecule has 3 aromatic rings. The van der Waals surface area contributed by atoms with Crippen LogP contribution >= 0.6 is 11.3 Å². The molecule has 1 amide bonds. The quantitative estimate of drug-likeness (QED) is 0.389. The molecule has 134 valence electrons. The number of carbonyl (C=O) groups is 1. The number of aryl methyl sites for hydroxylation is 1. The maximum Gasteiger partial charge on any atom is 0.263 e. The molecule has 0 saturated carbocycles. The summed E-state index contributed by atoms with van der Waals surface area (Å²) in [6, 6.07) is 8.91. The van der Waals surface area contributed by atoms with Crippen molar-refractivity contribution in [2.45, 2.75) is 6.92 Å². The normalized spacial score (nSPS) is 10.8. The van der Waals surface area contributed by atoms with Crippen LogP contribution in [0.3, 0.4) is 0 Å². The molecule has 0 aliphatic carbocycles. The third-order valence-corrected chi connectivity index (χ3v) is 4.39. The summed E-state index contributed by atoms with van der Waals surface area (Å²) in [4.78, 5) is 16.9. The van der Waals surface area contributed by atoms with Gasteiger partial charge in [0, 0.05) is 10.4 Å². The second-order valence-corrected chi connectivity index (χ2v) is 6.39. The Labute approximate surface area is 148 Å². The van der Waals surface area contributed by atoms with Gasteiger partial charge in [0.1, 0.15) is 5.56 Å². The van der Waals surface area contributed by atoms with E-state index in [0.29, 0.717) is 10.6 Å². The molecule has 0 aliphatic rings. The summed E-state index contributed by atoms with van der Waals surface area (Å²) in [5, 5.41) is 2.05. The van der Waals surface area contributed by atoms with Crippen LogP contribution in [0.2, 0.25) is 0 Å². The Bertz CT molecular complexity index is 975. The Morgan fingerprint density at radius 2 is 1.46 bits per heavy atom. The van der Waals surface area contributed by atoms with Crippen molar-refractivity contribution < 1.29 is 26.7 Å². The first-order valence-corrected chi connectivity index (χ1v) is 7.98. The number of benzene rings is 2. The van der Waals surface area contributed by atoms with Crippen LogP contribution in [0, 0.1) is 36.0 Å². The van der Waals surface area contributed by atoms with Gasteiger partial charge in [-0.15, -0.1) is 11.3 Å². The van der Waals surface area contributed by atoms with E-state index in [-0.39, 0.29) is 5.13 Å². The van der Waals surface area contributed by atoms with Gasteiger partial charge in [-0.2, -0.15) is 0 Å². The summed E-state index contributed by atoms with van der Waals surface area (Å²) in [5.74, 6) is -12.6. The van der Waals surface area contributed by atoms with Crippen LogP contribution in [-0.2, 0) is 0 Å². The largest absolute Gasteiger partial charge is 0.298 e. The lowest BCUT2D eigenvalue weighted by Gasteiger charge is -2.07. The van der Waals surface area contributed by atoms with E-state index in [4.69, 9.17) is 0 Å². The van der Waals surface area contributed by atoms with Gasteiger partial charge in [-0.25, -0.2) is 26.9 Å². The SMILES string of the molecule is Cc1sc(NC(=O)c2c(F)c(F)c(F)c(F)c2F)nc1-c1ccccc1. The fourth-order valence-corrected chi connectivity index (χ4v) is 3.11. The number of rotatable bonds is 3. The molecule has 0 radical (unpaired) electrons. The average molecular weight is 384 g/mol. The van der Waals surface area contributed by atoms with Crippen molar-refractivity contribution in [1.82, 2.24) is 4.98 Å². The molecule has 0 spiro atoms. The highest BCUT2D eigenvalue weighted by Gasteiger charge is 2.30. The minimum Gasteiger partial charge on any atom is -0.298 e. The van der Waals surface area contributed by atoms with E-state index in [0.717, 1.165) is 16.9 Å². The molecule has 1 heterocycles. The van der Waals surface area contributed by atoms with Gasteiger partial charge >= 0.3 is 0 Å². The first kappa shape index (κ1) is 18.0. The maximum atomic E-state index is 13.7. The lowest BCUT2D eigenvalue weighted by atomic mass is 10.1. The van der Waals surface area contributed by atoms with Crippen molar-refractivity contribution in [3.05, 3.63) is 69.9 Å². The number of nitrogens with zero attached hydrogens (tertiary/aromatic N) is 1. The van der Waals surface area contributed by atoms with E-state index >= 15 is 0 Å². The Kier molecular flexibility index (Phi) is 4.73. The third kappa shape index (κ3) is 3.05. The van der Waals surface area contributed by atoms with Crippen molar-refractivity contribution in [2.75, 3.05) is 5.32 Å². The van der Waals surface area contributed by atoms with E-state index in [1.807, 2.05) is 0 Å². The van der Waals surface area contributed by atoms with E-state index in [1.54, 1.807) is 37.3 Å². The molecule has 2 aromatic carbocycles. The zero-order chi connectivity index (χ0) is 19.0. The van der Waals surface area contributed by atoms with Crippen molar-refractivity contribution in [3.8, 4) is 11.3 Å². The number of hydrogen-bond donors (Lipinski definition) is 1. The van der Waals surface area contributed by atoms with Crippen molar-refractivity contribution >= 4 is 22.4 Å². The van der Waals surface area contributed by atoms with E-state index < -0.39 is 40.6 Å². The predicted molar refractivity (Wildman–Crippen MR) is 86.5 cm³/mol. The summed E-state index contributed by atoms with van der Waals surface area (Å²) in [6.45, 7) is 1.72. The van der Waals surface area contributed by atoms with E-state index in [1.165, 1.54) is 0 Å². The van der Waals surface area contributed by atoms with Crippen LogP contribution < -0.4 is 5.32 Å². The maximum absolute atomic E-state index is 13.7. The van der Waals surface area contributed by atoms with Crippen LogP contribution in [0.5, 0.6) is 0 Å². The summed E-state index contributed by atoms with van der Waals surface area (Å²) >= 11 is 1.01. The summed E-state index contributed by atoms with van der Waals surface area (Å²) in [5.41, 5.74) is -0.281. The molecule has 0 atom stereocenters. The van der Waals surface area contributed by atoms with Crippen LogP contribution in [0.15, 0.2) is 30.3 Å². The fourth-order valence-electron chi connectivity index (χ4n) is 2.28. The molecule has 9 heteroatoms. The van der Waals surface area contributed by atoms with E-state index in [2.05, 4.69) is 10.3 Å². The molecule has 26 heavy (non-hydrogen) atoms. The Morgan fingerprint density at radius 3 is 2.04 bits per heavy atom. The number of amides is 1. The van der Waals surface area contributed by atoms with Crippen molar-refractivity contribution in [3.63, 3.8) is 0 Å². The van der Waals surface area contributed by atoms with Gasteiger partial charge in [-0.1, -0.05) is 30.3 Å². The fraction of sp³-hybridized carbons (Fsp3) is 0.0588. The number of thiazole rings is 1. The summed E-state index contributed by atoms with van der Waals surface area (Å²) in [6.07, 6.45) is 0. The highest BCUT2D eigenvalue weighted by molar-refractivity contribution is 7.16. The number of halogens is 5. The third-order valence-electron chi connectivity index (χ3n) is 3.50. The highest BCUT2D eigenvalue weighted by Crippen LogP contribution is 2.31. The van der Waals surface area contributed by atoms with Crippen molar-refractivity contribution in [2.24, 2.45) is 0 Å². The molecule has 0 fully saturated rings. The number of nitrogens with one attached hydrogen (secondary N) is 1. The summed E-state index contributed by atoms with van der Waals surface area (Å²) < 4.78 is 66.9. The van der Waals surface area contributed by atoms with Gasteiger partial charge in [0.15, 0.2) is 28.4 Å². The van der Waals surface area contributed by atoms with Crippen LogP contribution in [0.4, 0.5) is 27.1 Å². The van der Waals surface area contributed by atoms with Gasteiger partial charge in [-0.3, -0.25) is 10.1 Å². The van der Waals surface area contributed by atoms with Crippen LogP contribution in [0.1, 0.15) is 15.2 Å². The number of carbonyl (C=O) groups excluding carboxylic acids is 1. The smallest absolute Gasteiger partial charge is 0.263 e. The van der Waals surface area contributed by atoms with Crippen LogP contribution in [0.25, 0.3) is 11.3 Å². The molecule has 1 N–H and O–H groups in total. The minimum atomic E-state index is -2.33. The van der Waals surface area contributed by atoms with Gasteiger partial charge in [-0.05, 0) is 6.92 Å². The first-order chi connectivity index (χ1) is 12.3. The number of aromatic nitrogens is 1. The van der Waals surface area contributed by atoms with Crippen molar-refractivity contribution in [1.29, 1.82) is 0 Å². The lowest BCUT2D eigenvalue weighted by Crippen LogP contribution is -2.19. The second-order valence-electron chi connectivity index (χ2n) is 5.19. The molecular formula is C17H9F5N2OS. The highest BCUT2D eigenvalue weighted by atomic mass is 32.1. The van der Waals surface area contributed by atoms with E-state index in [9.17, 15) is 26.7 Å². The number of anilines is 1. The number of hydrogen-bond acceptors (Lipinski definition) is 3. The lowest BCUT2D eigenvalue weighted by molar-refractivity contribution is 0.101. The molecule has 0 bridgehead atoms. The molecule has 3 rings (SSSR count). The van der Waals surface area contributed by atoms with Gasteiger partial charge in [0.05, 0.1) is 5.69 Å². The molecule has 0 aliphatic heterocycles. The average Bonchev–Trinajstić information content (AvgIpc) is 2.99. The first-order valence-electron chi connectivity index (χ1n) is 7.17. The Balaban J connectivity index is 1.95. The Hall–Kier alpha value is -2.81. The van der Waals surface area contributed by atoms with Gasteiger partial charge in [0.2, 0.25) is 5.82 Å². The topological polar surface area (TPSA) is 42.0 Å². The van der Waals surface area contributed by atoms with Gasteiger partial charge < -0.3 is 0 Å². The molecule has 3 nitrogen and oxygen atoms in total. The molecular weight excluding hydrogens is 375 g/mol. The zero-order valence-electron chi connectivity index (χ0n) is 13.0. The monoisotopic (exact) mass is 384 g/mol. The second kappa shape index (κ2) is 6.83. The standard InChI is InChI=1S/C17H9F5N2OS/c1-7-15(8-5-3-2-4-6-8)23-17(26-7)24-16(25)9-10(18)12(20)14(22)13(21)11(9)19/h2-6H,1H3,(H,23,24,25). The zero-order valence-corrected chi connectivity index (χ0v) is 13.9. The Morgan fingerprint density at radius 1 is 0.923 bits per heavy atom. The minimum absolute atomic E-state index is 0.0321. The predicted octanol–water partition coefficient (Wildman–Crippen LogP) is 5.07.